The Morgan fingerprint density at radius 2 is 1.77 bits per heavy atom. The Morgan fingerprint density at radius 3 is 2.45 bits per heavy atom. The lowest BCUT2D eigenvalue weighted by molar-refractivity contribution is 0.467. The van der Waals surface area contributed by atoms with E-state index in [1.165, 1.54) is 18.5 Å². The fourth-order valence-corrected chi connectivity index (χ4v) is 2.75. The van der Waals surface area contributed by atoms with Gasteiger partial charge in [-0.05, 0) is 42.5 Å². The molecule has 0 fully saturated rings. The van der Waals surface area contributed by atoms with Crippen molar-refractivity contribution in [3.63, 3.8) is 0 Å². The van der Waals surface area contributed by atoms with E-state index in [0.29, 0.717) is 22.2 Å². The highest BCUT2D eigenvalue weighted by atomic mass is 35.5. The van der Waals surface area contributed by atoms with Crippen LogP contribution >= 0.6 is 11.6 Å². The van der Waals surface area contributed by atoms with Gasteiger partial charge < -0.3 is 4.74 Å². The molecule has 0 aliphatic rings. The Hall–Kier alpha value is -2.18. The summed E-state index contributed by atoms with van der Waals surface area (Å²) in [6.07, 6.45) is 2.55. The average molecular weight is 335 g/mol. The lowest BCUT2D eigenvalue weighted by Crippen LogP contribution is -1.97. The molecular weight excluding hydrogens is 324 g/mol. The Balaban J connectivity index is 1.96. The van der Waals surface area contributed by atoms with E-state index in [2.05, 4.69) is 9.97 Å². The van der Waals surface area contributed by atoms with E-state index in [4.69, 9.17) is 16.3 Å². The van der Waals surface area contributed by atoms with Crippen LogP contribution in [0.25, 0.3) is 10.9 Å². The third-order valence-corrected chi connectivity index (χ3v) is 4.39. The molecule has 2 aromatic carbocycles. The van der Waals surface area contributed by atoms with E-state index in [9.17, 15) is 8.42 Å². The number of aromatic nitrogens is 2. The van der Waals surface area contributed by atoms with Gasteiger partial charge in [-0.15, -0.1) is 0 Å². The van der Waals surface area contributed by atoms with Crippen molar-refractivity contribution in [1.29, 1.82) is 0 Å². The number of halogens is 1. The molecule has 5 nitrogen and oxygen atoms in total. The average Bonchev–Trinajstić information content (AvgIpc) is 2.47. The molecule has 0 saturated heterocycles. The number of benzene rings is 2. The van der Waals surface area contributed by atoms with Crippen molar-refractivity contribution in [1.82, 2.24) is 9.97 Å². The molecule has 3 rings (SSSR count). The molecule has 0 N–H and O–H groups in total. The minimum atomic E-state index is -3.23. The minimum absolute atomic E-state index is 0.235. The summed E-state index contributed by atoms with van der Waals surface area (Å²) in [4.78, 5) is 8.48. The first-order chi connectivity index (χ1) is 10.4. The second-order valence-electron chi connectivity index (χ2n) is 4.69. The second-order valence-corrected chi connectivity index (χ2v) is 7.14. The molecule has 0 aliphatic heterocycles. The first kappa shape index (κ1) is 14.7. The van der Waals surface area contributed by atoms with Gasteiger partial charge in [-0.2, -0.15) is 0 Å². The SMILES string of the molecule is CS(=O)(=O)c1ccc(Oc2ncnc3cc(Cl)ccc23)cc1. The maximum Gasteiger partial charge on any atom is 0.230 e. The van der Waals surface area contributed by atoms with Crippen molar-refractivity contribution in [3.8, 4) is 11.6 Å². The molecule has 3 aromatic rings. The second kappa shape index (κ2) is 5.55. The summed E-state index contributed by atoms with van der Waals surface area (Å²) >= 11 is 5.93. The predicted molar refractivity (Wildman–Crippen MR) is 84.2 cm³/mol. The Labute approximate surface area is 132 Å². The van der Waals surface area contributed by atoms with E-state index >= 15 is 0 Å². The summed E-state index contributed by atoms with van der Waals surface area (Å²) in [5.41, 5.74) is 0.672. The van der Waals surface area contributed by atoms with E-state index in [1.54, 1.807) is 30.3 Å². The summed E-state index contributed by atoms with van der Waals surface area (Å²) in [6.45, 7) is 0. The molecule has 0 radical (unpaired) electrons. The van der Waals surface area contributed by atoms with E-state index in [0.717, 1.165) is 11.6 Å². The number of fused-ring (bicyclic) bond motifs is 1. The molecule has 1 heterocycles. The maximum atomic E-state index is 11.4. The number of rotatable bonds is 3. The largest absolute Gasteiger partial charge is 0.438 e. The third-order valence-electron chi connectivity index (χ3n) is 3.03. The van der Waals surface area contributed by atoms with Crippen LogP contribution in [-0.4, -0.2) is 24.6 Å². The zero-order valence-electron chi connectivity index (χ0n) is 11.5. The number of sulfone groups is 1. The monoisotopic (exact) mass is 334 g/mol. The van der Waals surface area contributed by atoms with Gasteiger partial charge in [-0.25, -0.2) is 18.4 Å². The van der Waals surface area contributed by atoms with Crippen molar-refractivity contribution < 1.29 is 13.2 Å². The van der Waals surface area contributed by atoms with Crippen LogP contribution in [0.4, 0.5) is 0 Å². The molecule has 0 spiro atoms. The standard InChI is InChI=1S/C15H11ClN2O3S/c1-22(19,20)12-5-3-11(4-6-12)21-15-13-7-2-10(16)8-14(13)17-9-18-15/h2-9H,1H3. The van der Waals surface area contributed by atoms with Gasteiger partial charge in [-0.1, -0.05) is 11.6 Å². The molecule has 0 amide bonds. The number of hydrogen-bond donors (Lipinski definition) is 0. The van der Waals surface area contributed by atoms with Gasteiger partial charge in [0.1, 0.15) is 12.1 Å². The quantitative estimate of drug-likeness (QED) is 0.733. The van der Waals surface area contributed by atoms with Gasteiger partial charge in [0, 0.05) is 11.3 Å². The van der Waals surface area contributed by atoms with Gasteiger partial charge in [-0.3, -0.25) is 0 Å². The summed E-state index contributed by atoms with van der Waals surface area (Å²) in [6, 6.07) is 11.4. The molecule has 0 unspecified atom stereocenters. The van der Waals surface area contributed by atoms with E-state index in [-0.39, 0.29) is 4.90 Å². The summed E-state index contributed by atoms with van der Waals surface area (Å²) < 4.78 is 28.6. The van der Waals surface area contributed by atoms with Crippen LogP contribution in [0.5, 0.6) is 11.6 Å². The Morgan fingerprint density at radius 1 is 1.05 bits per heavy atom. The fraction of sp³-hybridized carbons (Fsp3) is 0.0667. The van der Waals surface area contributed by atoms with E-state index < -0.39 is 9.84 Å². The number of nitrogens with zero attached hydrogens (tertiary/aromatic N) is 2. The Bertz CT molecular complexity index is 941. The topological polar surface area (TPSA) is 69.2 Å². The van der Waals surface area contributed by atoms with Gasteiger partial charge in [0.15, 0.2) is 9.84 Å². The van der Waals surface area contributed by atoms with Crippen LogP contribution < -0.4 is 4.74 Å². The van der Waals surface area contributed by atoms with Crippen LogP contribution in [0, 0.1) is 0 Å². The molecule has 112 valence electrons. The smallest absolute Gasteiger partial charge is 0.230 e. The summed E-state index contributed by atoms with van der Waals surface area (Å²) in [5, 5.41) is 1.30. The molecule has 0 bridgehead atoms. The van der Waals surface area contributed by atoms with Gasteiger partial charge in [0.25, 0.3) is 0 Å². The minimum Gasteiger partial charge on any atom is -0.438 e. The van der Waals surface area contributed by atoms with Crippen molar-refractivity contribution in [2.45, 2.75) is 4.90 Å². The molecule has 1 aromatic heterocycles. The highest BCUT2D eigenvalue weighted by Gasteiger charge is 2.09. The molecular formula is C15H11ClN2O3S. The van der Waals surface area contributed by atoms with Crippen LogP contribution in [0.2, 0.25) is 5.02 Å². The van der Waals surface area contributed by atoms with E-state index in [1.807, 2.05) is 0 Å². The molecule has 0 atom stereocenters. The normalized spacial score (nSPS) is 11.5. The summed E-state index contributed by atoms with van der Waals surface area (Å²) in [5.74, 6) is 0.871. The van der Waals surface area contributed by atoms with Crippen molar-refractivity contribution in [3.05, 3.63) is 53.8 Å². The predicted octanol–water partition coefficient (Wildman–Crippen LogP) is 3.48. The van der Waals surface area contributed by atoms with Crippen molar-refractivity contribution in [2.24, 2.45) is 0 Å². The van der Waals surface area contributed by atoms with Gasteiger partial charge in [0.2, 0.25) is 5.88 Å². The molecule has 22 heavy (non-hydrogen) atoms. The van der Waals surface area contributed by atoms with Crippen LogP contribution in [0.15, 0.2) is 53.7 Å². The van der Waals surface area contributed by atoms with Crippen LogP contribution in [0.3, 0.4) is 0 Å². The Kier molecular flexibility index (Phi) is 3.72. The zero-order chi connectivity index (χ0) is 15.7. The lowest BCUT2D eigenvalue weighted by Gasteiger charge is -2.08. The number of ether oxygens (including phenoxy) is 1. The van der Waals surface area contributed by atoms with Crippen molar-refractivity contribution >= 4 is 32.3 Å². The first-order valence-corrected chi connectivity index (χ1v) is 8.59. The zero-order valence-corrected chi connectivity index (χ0v) is 13.1. The lowest BCUT2D eigenvalue weighted by atomic mass is 10.2. The highest BCUT2D eigenvalue weighted by molar-refractivity contribution is 7.90. The van der Waals surface area contributed by atoms with Crippen LogP contribution in [0.1, 0.15) is 0 Å². The third kappa shape index (κ3) is 3.03. The summed E-state index contributed by atoms with van der Waals surface area (Å²) in [7, 11) is -3.23. The van der Waals surface area contributed by atoms with Crippen molar-refractivity contribution in [2.75, 3.05) is 6.26 Å². The molecule has 0 saturated carbocycles. The molecule has 0 aliphatic carbocycles. The van der Waals surface area contributed by atoms with Gasteiger partial charge >= 0.3 is 0 Å². The highest BCUT2D eigenvalue weighted by Crippen LogP contribution is 2.28. The van der Waals surface area contributed by atoms with Crippen LogP contribution in [-0.2, 0) is 9.84 Å². The fourth-order valence-electron chi connectivity index (χ4n) is 1.95. The molecule has 7 heteroatoms. The van der Waals surface area contributed by atoms with Gasteiger partial charge in [0.05, 0.1) is 15.8 Å². The first-order valence-electron chi connectivity index (χ1n) is 6.32. The maximum absolute atomic E-state index is 11.4. The number of hydrogen-bond acceptors (Lipinski definition) is 5.